The highest BCUT2D eigenvalue weighted by Crippen LogP contribution is 2.31. The number of carbonyl (C=O) groups excluding carboxylic acids is 1. The molecule has 2 aromatic rings. The zero-order valence-electron chi connectivity index (χ0n) is 15.7. The highest BCUT2D eigenvalue weighted by molar-refractivity contribution is 5.81. The number of piperazine rings is 1. The molecule has 0 unspecified atom stereocenters. The molecule has 1 fully saturated rings. The minimum atomic E-state index is -4.34. The van der Waals surface area contributed by atoms with Gasteiger partial charge in [-0.15, -0.1) is 0 Å². The second-order valence-corrected chi connectivity index (χ2v) is 6.95. The van der Waals surface area contributed by atoms with Gasteiger partial charge in [-0.25, -0.2) is 0 Å². The van der Waals surface area contributed by atoms with E-state index < -0.39 is 11.7 Å². The van der Waals surface area contributed by atoms with Gasteiger partial charge in [-0.3, -0.25) is 9.69 Å². The maximum atomic E-state index is 12.9. The van der Waals surface area contributed by atoms with Crippen LogP contribution in [0.1, 0.15) is 18.1 Å². The van der Waals surface area contributed by atoms with E-state index in [1.807, 2.05) is 42.2 Å². The fourth-order valence-electron chi connectivity index (χ4n) is 3.34. The van der Waals surface area contributed by atoms with Crippen LogP contribution in [-0.4, -0.2) is 43.0 Å². The normalized spacial score (nSPS) is 16.6. The molecule has 1 amide bonds. The SMILES string of the molecule is C[C@H](C(=O)NCc1ccccc1)N1CCN(c2cccc(C(F)(F)F)c2)CC1. The van der Waals surface area contributed by atoms with Gasteiger partial charge in [0.15, 0.2) is 0 Å². The number of amides is 1. The maximum Gasteiger partial charge on any atom is 0.416 e. The van der Waals surface area contributed by atoms with Crippen molar-refractivity contribution >= 4 is 11.6 Å². The zero-order valence-corrected chi connectivity index (χ0v) is 15.7. The van der Waals surface area contributed by atoms with E-state index in [4.69, 9.17) is 0 Å². The second kappa shape index (κ2) is 8.65. The summed E-state index contributed by atoms with van der Waals surface area (Å²) < 4.78 is 38.7. The van der Waals surface area contributed by atoms with Gasteiger partial charge < -0.3 is 10.2 Å². The summed E-state index contributed by atoms with van der Waals surface area (Å²) in [6.07, 6.45) is -4.34. The molecular weight excluding hydrogens is 367 g/mol. The molecule has 1 saturated heterocycles. The van der Waals surface area contributed by atoms with Crippen molar-refractivity contribution in [2.24, 2.45) is 0 Å². The number of hydrogen-bond acceptors (Lipinski definition) is 3. The molecule has 4 nitrogen and oxygen atoms in total. The third-order valence-electron chi connectivity index (χ3n) is 5.09. The Hall–Kier alpha value is -2.54. The van der Waals surface area contributed by atoms with Crippen molar-refractivity contribution < 1.29 is 18.0 Å². The van der Waals surface area contributed by atoms with Gasteiger partial charge >= 0.3 is 6.18 Å². The molecule has 0 bridgehead atoms. The number of alkyl halides is 3. The Morgan fingerprint density at radius 3 is 2.36 bits per heavy atom. The average molecular weight is 391 g/mol. The van der Waals surface area contributed by atoms with Crippen molar-refractivity contribution in [3.8, 4) is 0 Å². The Balaban J connectivity index is 1.52. The van der Waals surface area contributed by atoms with Crippen LogP contribution in [0.15, 0.2) is 54.6 Å². The maximum absolute atomic E-state index is 12.9. The number of anilines is 1. The van der Waals surface area contributed by atoms with Crippen LogP contribution in [0.25, 0.3) is 0 Å². The highest BCUT2D eigenvalue weighted by atomic mass is 19.4. The van der Waals surface area contributed by atoms with Crippen LogP contribution >= 0.6 is 0 Å². The molecule has 28 heavy (non-hydrogen) atoms. The van der Waals surface area contributed by atoms with Gasteiger partial charge in [0.1, 0.15) is 0 Å². The number of rotatable bonds is 5. The first-order chi connectivity index (χ1) is 13.3. The number of nitrogens with zero attached hydrogens (tertiary/aromatic N) is 2. The molecule has 0 saturated carbocycles. The van der Waals surface area contributed by atoms with Crippen LogP contribution in [0.4, 0.5) is 18.9 Å². The topological polar surface area (TPSA) is 35.6 Å². The van der Waals surface area contributed by atoms with Crippen LogP contribution in [0.2, 0.25) is 0 Å². The molecule has 0 aliphatic carbocycles. The molecule has 0 aromatic heterocycles. The Morgan fingerprint density at radius 2 is 1.71 bits per heavy atom. The summed E-state index contributed by atoms with van der Waals surface area (Å²) in [6.45, 7) is 4.75. The molecule has 0 spiro atoms. The van der Waals surface area contributed by atoms with Gasteiger partial charge in [0.05, 0.1) is 11.6 Å². The lowest BCUT2D eigenvalue weighted by molar-refractivity contribution is -0.137. The van der Waals surface area contributed by atoms with E-state index in [1.54, 1.807) is 6.07 Å². The molecule has 3 rings (SSSR count). The van der Waals surface area contributed by atoms with E-state index in [0.717, 1.165) is 11.6 Å². The van der Waals surface area contributed by atoms with Crippen molar-refractivity contribution in [1.82, 2.24) is 10.2 Å². The molecule has 150 valence electrons. The third-order valence-corrected chi connectivity index (χ3v) is 5.09. The monoisotopic (exact) mass is 391 g/mol. The molecule has 1 heterocycles. The van der Waals surface area contributed by atoms with Crippen molar-refractivity contribution in [3.05, 3.63) is 65.7 Å². The number of carbonyl (C=O) groups is 1. The molecule has 0 radical (unpaired) electrons. The summed E-state index contributed by atoms with van der Waals surface area (Å²) in [5, 5.41) is 2.94. The Bertz CT molecular complexity index is 787. The lowest BCUT2D eigenvalue weighted by atomic mass is 10.1. The molecular formula is C21H24F3N3O. The Morgan fingerprint density at radius 1 is 1.04 bits per heavy atom. The summed E-state index contributed by atoms with van der Waals surface area (Å²) in [7, 11) is 0. The summed E-state index contributed by atoms with van der Waals surface area (Å²) in [4.78, 5) is 16.4. The van der Waals surface area contributed by atoms with E-state index in [2.05, 4.69) is 10.2 Å². The Labute approximate surface area is 162 Å². The van der Waals surface area contributed by atoms with Gasteiger partial charge in [0.2, 0.25) is 5.91 Å². The van der Waals surface area contributed by atoms with E-state index >= 15 is 0 Å². The first-order valence-electron chi connectivity index (χ1n) is 9.32. The second-order valence-electron chi connectivity index (χ2n) is 6.95. The summed E-state index contributed by atoms with van der Waals surface area (Å²) >= 11 is 0. The van der Waals surface area contributed by atoms with Crippen molar-refractivity contribution in [3.63, 3.8) is 0 Å². The number of nitrogens with one attached hydrogen (secondary N) is 1. The van der Waals surface area contributed by atoms with Gasteiger partial charge in [-0.1, -0.05) is 36.4 Å². The zero-order chi connectivity index (χ0) is 20.1. The standard InChI is InChI=1S/C21H24F3N3O/c1-16(20(28)25-15-17-6-3-2-4-7-17)26-10-12-27(13-11-26)19-9-5-8-18(14-19)21(22,23)24/h2-9,14,16H,10-13,15H2,1H3,(H,25,28)/t16-/m1/s1. The predicted molar refractivity (Wildman–Crippen MR) is 103 cm³/mol. The summed E-state index contributed by atoms with van der Waals surface area (Å²) in [6, 6.07) is 14.8. The molecule has 1 atom stereocenters. The van der Waals surface area contributed by atoms with Crippen LogP contribution in [0.5, 0.6) is 0 Å². The van der Waals surface area contributed by atoms with Gasteiger partial charge in [0.25, 0.3) is 0 Å². The average Bonchev–Trinajstić information content (AvgIpc) is 2.72. The number of benzene rings is 2. The molecule has 1 aliphatic heterocycles. The number of hydrogen-bond donors (Lipinski definition) is 1. The van der Waals surface area contributed by atoms with Crippen LogP contribution in [-0.2, 0) is 17.5 Å². The quantitative estimate of drug-likeness (QED) is 0.847. The first kappa shape index (κ1) is 20.2. The van der Waals surface area contributed by atoms with Gasteiger partial charge in [0, 0.05) is 38.4 Å². The fraction of sp³-hybridized carbons (Fsp3) is 0.381. The van der Waals surface area contributed by atoms with Crippen LogP contribution in [0, 0.1) is 0 Å². The molecule has 1 N–H and O–H groups in total. The highest BCUT2D eigenvalue weighted by Gasteiger charge is 2.31. The Kier molecular flexibility index (Phi) is 6.24. The summed E-state index contributed by atoms with van der Waals surface area (Å²) in [5.41, 5.74) is 0.967. The van der Waals surface area contributed by atoms with E-state index in [0.29, 0.717) is 38.4 Å². The van der Waals surface area contributed by atoms with Gasteiger partial charge in [-0.05, 0) is 30.7 Å². The van der Waals surface area contributed by atoms with E-state index in [1.165, 1.54) is 12.1 Å². The molecule has 7 heteroatoms. The third kappa shape index (κ3) is 5.04. The minimum Gasteiger partial charge on any atom is -0.369 e. The molecule has 1 aliphatic rings. The first-order valence-corrected chi connectivity index (χ1v) is 9.32. The largest absolute Gasteiger partial charge is 0.416 e. The van der Waals surface area contributed by atoms with Crippen molar-refractivity contribution in [2.45, 2.75) is 25.7 Å². The van der Waals surface area contributed by atoms with Crippen LogP contribution in [0.3, 0.4) is 0 Å². The molecule has 2 aromatic carbocycles. The smallest absolute Gasteiger partial charge is 0.369 e. The number of halogens is 3. The summed E-state index contributed by atoms with van der Waals surface area (Å²) in [5.74, 6) is -0.0450. The van der Waals surface area contributed by atoms with E-state index in [9.17, 15) is 18.0 Å². The van der Waals surface area contributed by atoms with Crippen molar-refractivity contribution in [1.29, 1.82) is 0 Å². The lowest BCUT2D eigenvalue weighted by Crippen LogP contribution is -2.53. The minimum absolute atomic E-state index is 0.0450. The van der Waals surface area contributed by atoms with Crippen LogP contribution < -0.4 is 10.2 Å². The lowest BCUT2D eigenvalue weighted by Gasteiger charge is -2.38. The van der Waals surface area contributed by atoms with E-state index in [-0.39, 0.29) is 11.9 Å². The van der Waals surface area contributed by atoms with Gasteiger partial charge in [-0.2, -0.15) is 13.2 Å². The van der Waals surface area contributed by atoms with Crippen molar-refractivity contribution in [2.75, 3.05) is 31.1 Å². The predicted octanol–water partition coefficient (Wildman–Crippen LogP) is 3.53. The fourth-order valence-corrected chi connectivity index (χ4v) is 3.34.